The molecule has 0 aromatic carbocycles. The summed E-state index contributed by atoms with van der Waals surface area (Å²) in [6.45, 7) is 0. The summed E-state index contributed by atoms with van der Waals surface area (Å²) < 4.78 is 0. The van der Waals surface area contributed by atoms with E-state index < -0.39 is 0 Å². The highest BCUT2D eigenvalue weighted by Crippen LogP contribution is 2.31. The molecule has 2 unspecified atom stereocenters. The maximum Gasteiger partial charge on any atom is 0.123 e. The average molecular weight is 191 g/mol. The highest BCUT2D eigenvalue weighted by atomic mass is 14.8. The van der Waals surface area contributed by atoms with Crippen LogP contribution in [-0.2, 0) is 0 Å². The number of pyridine rings is 1. The van der Waals surface area contributed by atoms with E-state index in [4.69, 9.17) is 11.5 Å². The zero-order valence-corrected chi connectivity index (χ0v) is 8.32. The molecule has 1 aromatic heterocycles. The smallest absolute Gasteiger partial charge is 0.123 e. The van der Waals surface area contributed by atoms with Crippen LogP contribution in [0, 0.1) is 0 Å². The molecule has 1 heterocycles. The summed E-state index contributed by atoms with van der Waals surface area (Å²) in [5.41, 5.74) is 12.8. The summed E-state index contributed by atoms with van der Waals surface area (Å²) in [6.07, 6.45) is 6.61. The molecule has 4 N–H and O–H groups in total. The Morgan fingerprint density at radius 2 is 2.14 bits per heavy atom. The van der Waals surface area contributed by atoms with Gasteiger partial charge in [-0.15, -0.1) is 0 Å². The molecule has 0 radical (unpaired) electrons. The third-order valence-corrected chi connectivity index (χ3v) is 3.00. The number of hydrogen-bond acceptors (Lipinski definition) is 3. The molecule has 2 atom stereocenters. The van der Waals surface area contributed by atoms with Crippen molar-refractivity contribution in [3.63, 3.8) is 0 Å². The minimum atomic E-state index is 0.367. The van der Waals surface area contributed by atoms with E-state index in [1.807, 2.05) is 12.3 Å². The van der Waals surface area contributed by atoms with Crippen LogP contribution in [0.15, 0.2) is 18.3 Å². The molecule has 2 rings (SSSR count). The first kappa shape index (κ1) is 9.46. The van der Waals surface area contributed by atoms with Crippen molar-refractivity contribution in [2.45, 2.75) is 37.6 Å². The van der Waals surface area contributed by atoms with Crippen LogP contribution in [0.1, 0.15) is 37.2 Å². The number of aromatic nitrogens is 1. The van der Waals surface area contributed by atoms with Crippen molar-refractivity contribution < 1.29 is 0 Å². The van der Waals surface area contributed by atoms with E-state index in [2.05, 4.69) is 11.1 Å². The number of nitrogen functional groups attached to an aromatic ring is 1. The first-order valence-corrected chi connectivity index (χ1v) is 5.22. The molecule has 1 aliphatic carbocycles. The summed E-state index contributed by atoms with van der Waals surface area (Å²) in [7, 11) is 0. The lowest BCUT2D eigenvalue weighted by Crippen LogP contribution is -2.26. The van der Waals surface area contributed by atoms with E-state index in [0.717, 1.165) is 6.42 Å². The second kappa shape index (κ2) is 3.96. The minimum Gasteiger partial charge on any atom is -0.384 e. The van der Waals surface area contributed by atoms with Gasteiger partial charge in [0.1, 0.15) is 5.82 Å². The lowest BCUT2D eigenvalue weighted by Gasteiger charge is -2.26. The number of anilines is 1. The third kappa shape index (κ3) is 2.04. The Hall–Kier alpha value is -1.09. The number of nitrogens with two attached hydrogens (primary N) is 2. The SMILES string of the molecule is Nc1ccc(C2CCCC(N)C2)cn1. The summed E-state index contributed by atoms with van der Waals surface area (Å²) in [4.78, 5) is 4.12. The Morgan fingerprint density at radius 3 is 2.79 bits per heavy atom. The van der Waals surface area contributed by atoms with Crippen LogP contribution in [0.5, 0.6) is 0 Å². The van der Waals surface area contributed by atoms with Crippen molar-refractivity contribution in [3.05, 3.63) is 23.9 Å². The molecular formula is C11H17N3. The van der Waals surface area contributed by atoms with Crippen molar-refractivity contribution in [1.82, 2.24) is 4.98 Å². The maximum absolute atomic E-state index is 5.95. The molecule has 3 nitrogen and oxygen atoms in total. The van der Waals surface area contributed by atoms with Crippen molar-refractivity contribution >= 4 is 5.82 Å². The van der Waals surface area contributed by atoms with Gasteiger partial charge in [0.05, 0.1) is 0 Å². The Morgan fingerprint density at radius 1 is 1.29 bits per heavy atom. The average Bonchev–Trinajstić information content (AvgIpc) is 2.19. The molecule has 0 spiro atoms. The van der Waals surface area contributed by atoms with Crippen molar-refractivity contribution in [3.8, 4) is 0 Å². The summed E-state index contributed by atoms with van der Waals surface area (Å²) >= 11 is 0. The van der Waals surface area contributed by atoms with Crippen LogP contribution < -0.4 is 11.5 Å². The zero-order chi connectivity index (χ0) is 9.97. The van der Waals surface area contributed by atoms with Crippen LogP contribution in [0.4, 0.5) is 5.82 Å². The highest BCUT2D eigenvalue weighted by molar-refractivity contribution is 5.31. The number of nitrogens with zero attached hydrogens (tertiary/aromatic N) is 1. The monoisotopic (exact) mass is 191 g/mol. The van der Waals surface area contributed by atoms with E-state index >= 15 is 0 Å². The minimum absolute atomic E-state index is 0.367. The van der Waals surface area contributed by atoms with Gasteiger partial charge in [0.15, 0.2) is 0 Å². The second-order valence-corrected chi connectivity index (χ2v) is 4.14. The highest BCUT2D eigenvalue weighted by Gasteiger charge is 2.20. The van der Waals surface area contributed by atoms with Gasteiger partial charge in [0.25, 0.3) is 0 Å². The van der Waals surface area contributed by atoms with Gasteiger partial charge in [-0.25, -0.2) is 4.98 Å². The standard InChI is InChI=1S/C11H17N3/c12-10-3-1-2-8(6-10)9-4-5-11(13)14-7-9/h4-5,7-8,10H,1-3,6,12H2,(H2,13,14). The fourth-order valence-electron chi connectivity index (χ4n) is 2.19. The van der Waals surface area contributed by atoms with Gasteiger partial charge in [-0.3, -0.25) is 0 Å². The van der Waals surface area contributed by atoms with Gasteiger partial charge in [0, 0.05) is 12.2 Å². The molecule has 0 bridgehead atoms. The fourth-order valence-corrected chi connectivity index (χ4v) is 2.19. The molecular weight excluding hydrogens is 174 g/mol. The van der Waals surface area contributed by atoms with Crippen LogP contribution in [0.25, 0.3) is 0 Å². The Labute approximate surface area is 84.5 Å². The fraction of sp³-hybridized carbons (Fsp3) is 0.545. The van der Waals surface area contributed by atoms with Crippen LogP contribution in [-0.4, -0.2) is 11.0 Å². The Balaban J connectivity index is 2.10. The number of rotatable bonds is 1. The van der Waals surface area contributed by atoms with Crippen molar-refractivity contribution in [1.29, 1.82) is 0 Å². The first-order chi connectivity index (χ1) is 6.75. The number of hydrogen-bond donors (Lipinski definition) is 2. The molecule has 1 saturated carbocycles. The normalized spacial score (nSPS) is 27.5. The Bertz CT molecular complexity index is 294. The summed E-state index contributed by atoms with van der Waals surface area (Å²) in [6, 6.07) is 4.31. The van der Waals surface area contributed by atoms with Crippen molar-refractivity contribution in [2.75, 3.05) is 5.73 Å². The van der Waals surface area contributed by atoms with Crippen LogP contribution in [0.2, 0.25) is 0 Å². The van der Waals surface area contributed by atoms with Gasteiger partial charge < -0.3 is 11.5 Å². The largest absolute Gasteiger partial charge is 0.384 e. The first-order valence-electron chi connectivity index (χ1n) is 5.22. The molecule has 1 aromatic rings. The molecule has 0 amide bonds. The molecule has 76 valence electrons. The lowest BCUT2D eigenvalue weighted by atomic mass is 9.82. The molecule has 1 aliphatic rings. The van der Waals surface area contributed by atoms with E-state index in [0.29, 0.717) is 17.8 Å². The predicted molar refractivity (Wildman–Crippen MR) is 57.8 cm³/mol. The zero-order valence-electron chi connectivity index (χ0n) is 8.32. The molecule has 0 saturated heterocycles. The third-order valence-electron chi connectivity index (χ3n) is 3.00. The quantitative estimate of drug-likeness (QED) is 0.709. The van der Waals surface area contributed by atoms with Gasteiger partial charge in [-0.1, -0.05) is 12.5 Å². The van der Waals surface area contributed by atoms with E-state index in [1.165, 1.54) is 24.8 Å². The van der Waals surface area contributed by atoms with Gasteiger partial charge >= 0.3 is 0 Å². The van der Waals surface area contributed by atoms with E-state index in [-0.39, 0.29) is 0 Å². The molecule has 1 fully saturated rings. The Kier molecular flexibility index (Phi) is 2.68. The second-order valence-electron chi connectivity index (χ2n) is 4.14. The molecule has 0 aliphatic heterocycles. The van der Waals surface area contributed by atoms with Gasteiger partial charge in [-0.2, -0.15) is 0 Å². The van der Waals surface area contributed by atoms with Crippen LogP contribution >= 0.6 is 0 Å². The molecule has 3 heteroatoms. The van der Waals surface area contributed by atoms with Gasteiger partial charge in [0.2, 0.25) is 0 Å². The summed E-state index contributed by atoms with van der Waals surface area (Å²) in [5, 5.41) is 0. The van der Waals surface area contributed by atoms with Gasteiger partial charge in [-0.05, 0) is 36.8 Å². The molecule has 14 heavy (non-hydrogen) atoms. The van der Waals surface area contributed by atoms with E-state index in [9.17, 15) is 0 Å². The van der Waals surface area contributed by atoms with Crippen molar-refractivity contribution in [2.24, 2.45) is 5.73 Å². The summed E-state index contributed by atoms with van der Waals surface area (Å²) in [5.74, 6) is 1.18. The maximum atomic E-state index is 5.95. The predicted octanol–water partition coefficient (Wildman–Crippen LogP) is 1.65. The van der Waals surface area contributed by atoms with Crippen LogP contribution in [0.3, 0.4) is 0 Å². The topological polar surface area (TPSA) is 64.9 Å². The van der Waals surface area contributed by atoms with E-state index in [1.54, 1.807) is 0 Å². The lowest BCUT2D eigenvalue weighted by molar-refractivity contribution is 0.393.